The molecule has 0 aliphatic heterocycles. The Morgan fingerprint density at radius 3 is 2.60 bits per heavy atom. The fourth-order valence-corrected chi connectivity index (χ4v) is 1.88. The van der Waals surface area contributed by atoms with Crippen LogP contribution in [0, 0.1) is 0 Å². The summed E-state index contributed by atoms with van der Waals surface area (Å²) < 4.78 is 10.3. The average Bonchev–Trinajstić information content (AvgIpc) is 3.01. The van der Waals surface area contributed by atoms with Crippen molar-refractivity contribution >= 4 is 23.4 Å². The summed E-state index contributed by atoms with van der Waals surface area (Å²) in [5, 5.41) is 13.2. The molecule has 3 amide bonds. The second kappa shape index (κ2) is 7.99. The fraction of sp³-hybridized carbons (Fsp3) is 0.333. The molecule has 0 saturated carbocycles. The molecule has 10 nitrogen and oxygen atoms in total. The highest BCUT2D eigenvalue weighted by atomic mass is 16.5. The second-order valence-electron chi connectivity index (χ2n) is 5.20. The number of nitrogens with zero attached hydrogens (tertiary/aromatic N) is 4. The molecular formula is C15H20N6O4. The first-order valence-electron chi connectivity index (χ1n) is 7.33. The van der Waals surface area contributed by atoms with Crippen molar-refractivity contribution in [3.63, 3.8) is 0 Å². The predicted molar refractivity (Wildman–Crippen MR) is 90.9 cm³/mol. The van der Waals surface area contributed by atoms with E-state index in [1.165, 1.54) is 30.1 Å². The third kappa shape index (κ3) is 4.83. The van der Waals surface area contributed by atoms with Crippen molar-refractivity contribution in [1.82, 2.24) is 19.9 Å². The van der Waals surface area contributed by atoms with Gasteiger partial charge in [-0.25, -0.2) is 4.79 Å². The first-order chi connectivity index (χ1) is 11.9. The van der Waals surface area contributed by atoms with Gasteiger partial charge in [0.05, 0.1) is 26.1 Å². The van der Waals surface area contributed by atoms with Gasteiger partial charge in [-0.3, -0.25) is 10.1 Å². The molecular weight excluding hydrogens is 328 g/mol. The Labute approximate surface area is 144 Å². The Morgan fingerprint density at radius 2 is 1.96 bits per heavy atom. The van der Waals surface area contributed by atoms with Crippen LogP contribution < -0.4 is 20.1 Å². The van der Waals surface area contributed by atoms with Crippen LogP contribution in [0.2, 0.25) is 0 Å². The molecule has 2 N–H and O–H groups in total. The van der Waals surface area contributed by atoms with Crippen molar-refractivity contribution in [2.45, 2.75) is 6.54 Å². The largest absolute Gasteiger partial charge is 0.497 e. The monoisotopic (exact) mass is 348 g/mol. The van der Waals surface area contributed by atoms with Gasteiger partial charge in [-0.1, -0.05) is 0 Å². The van der Waals surface area contributed by atoms with Gasteiger partial charge in [0.2, 0.25) is 5.91 Å². The van der Waals surface area contributed by atoms with E-state index in [4.69, 9.17) is 9.47 Å². The smallest absolute Gasteiger partial charge is 0.322 e. The molecule has 1 aromatic carbocycles. The zero-order valence-electron chi connectivity index (χ0n) is 14.4. The van der Waals surface area contributed by atoms with E-state index >= 15 is 0 Å². The minimum Gasteiger partial charge on any atom is -0.497 e. The minimum atomic E-state index is -0.354. The molecule has 0 radical (unpaired) electrons. The molecule has 1 aromatic heterocycles. The van der Waals surface area contributed by atoms with Gasteiger partial charge < -0.3 is 19.7 Å². The van der Waals surface area contributed by atoms with Gasteiger partial charge in [-0.2, -0.15) is 9.90 Å². The van der Waals surface area contributed by atoms with E-state index in [2.05, 4.69) is 20.8 Å². The summed E-state index contributed by atoms with van der Waals surface area (Å²) in [4.78, 5) is 26.3. The number of hydrogen-bond donors (Lipinski definition) is 2. The van der Waals surface area contributed by atoms with Crippen LogP contribution in [0.3, 0.4) is 0 Å². The molecule has 25 heavy (non-hydrogen) atoms. The lowest BCUT2D eigenvalue weighted by Gasteiger charge is -2.11. The van der Waals surface area contributed by atoms with Crippen LogP contribution in [0.5, 0.6) is 11.5 Å². The van der Waals surface area contributed by atoms with E-state index in [0.29, 0.717) is 17.2 Å². The number of anilines is 2. The zero-order valence-corrected chi connectivity index (χ0v) is 14.4. The molecule has 0 saturated heterocycles. The van der Waals surface area contributed by atoms with Crippen LogP contribution >= 0.6 is 0 Å². The number of nitrogens with one attached hydrogen (secondary N) is 2. The van der Waals surface area contributed by atoms with Gasteiger partial charge in [-0.05, 0) is 12.1 Å². The average molecular weight is 348 g/mol. The predicted octanol–water partition coefficient (Wildman–Crippen LogP) is 1.03. The molecule has 0 atom stereocenters. The highest BCUT2D eigenvalue weighted by Crippen LogP contribution is 2.28. The van der Waals surface area contributed by atoms with E-state index in [-0.39, 0.29) is 24.3 Å². The Kier molecular flexibility index (Phi) is 5.77. The number of benzene rings is 1. The maximum absolute atomic E-state index is 12.2. The highest BCUT2D eigenvalue weighted by Gasteiger charge is 2.12. The molecule has 0 unspecified atom stereocenters. The first-order valence-corrected chi connectivity index (χ1v) is 7.33. The highest BCUT2D eigenvalue weighted by molar-refractivity contribution is 5.92. The summed E-state index contributed by atoms with van der Waals surface area (Å²) in [6.45, 7) is -0.127. The zero-order chi connectivity index (χ0) is 18.4. The van der Waals surface area contributed by atoms with Gasteiger partial charge in [-0.15, -0.1) is 5.10 Å². The van der Waals surface area contributed by atoms with E-state index in [1.807, 2.05) is 0 Å². The summed E-state index contributed by atoms with van der Waals surface area (Å²) >= 11 is 0. The molecule has 0 spiro atoms. The molecule has 10 heteroatoms. The van der Waals surface area contributed by atoms with E-state index in [0.717, 1.165) is 0 Å². The summed E-state index contributed by atoms with van der Waals surface area (Å²) in [6, 6.07) is 4.73. The third-order valence-electron chi connectivity index (χ3n) is 3.14. The third-order valence-corrected chi connectivity index (χ3v) is 3.14. The standard InChI is InChI=1S/C15H20N6O4/c1-20(2)15(23)18-13-8-16-21(19-13)9-14(22)17-11-7-10(24-3)5-6-12(11)25-4/h5-8H,9H2,1-4H3,(H,17,22)(H,18,19,23). The van der Waals surface area contributed by atoms with Crippen molar-refractivity contribution in [3.05, 3.63) is 24.4 Å². The van der Waals surface area contributed by atoms with Crippen LogP contribution in [0.15, 0.2) is 24.4 Å². The van der Waals surface area contributed by atoms with Gasteiger partial charge in [0.25, 0.3) is 0 Å². The Balaban J connectivity index is 2.01. The molecule has 0 aliphatic carbocycles. The first kappa shape index (κ1) is 18.0. The van der Waals surface area contributed by atoms with Crippen LogP contribution in [0.4, 0.5) is 16.3 Å². The molecule has 1 heterocycles. The maximum atomic E-state index is 12.2. The van der Waals surface area contributed by atoms with Crippen molar-refractivity contribution in [1.29, 1.82) is 0 Å². The molecule has 134 valence electrons. The van der Waals surface area contributed by atoms with E-state index in [1.54, 1.807) is 32.3 Å². The number of carbonyl (C=O) groups excluding carboxylic acids is 2. The lowest BCUT2D eigenvalue weighted by Crippen LogP contribution is -2.27. The number of ether oxygens (including phenoxy) is 2. The van der Waals surface area contributed by atoms with Gasteiger partial charge >= 0.3 is 6.03 Å². The topological polar surface area (TPSA) is 111 Å². The van der Waals surface area contributed by atoms with Gasteiger partial charge in [0, 0.05) is 20.2 Å². The normalized spacial score (nSPS) is 10.1. The molecule has 2 rings (SSSR count). The Bertz CT molecular complexity index is 758. The van der Waals surface area contributed by atoms with Crippen molar-refractivity contribution in [2.24, 2.45) is 0 Å². The summed E-state index contributed by atoms with van der Waals surface area (Å²) in [5.41, 5.74) is 0.472. The number of urea groups is 1. The number of carbonyl (C=O) groups is 2. The Hall–Kier alpha value is -3.30. The second-order valence-corrected chi connectivity index (χ2v) is 5.20. The van der Waals surface area contributed by atoms with Gasteiger partial charge in [0.1, 0.15) is 18.0 Å². The van der Waals surface area contributed by atoms with Crippen molar-refractivity contribution < 1.29 is 19.1 Å². The molecule has 2 aromatic rings. The number of aromatic nitrogens is 3. The van der Waals surface area contributed by atoms with Crippen LogP contribution in [-0.4, -0.2) is 60.1 Å². The van der Waals surface area contributed by atoms with Crippen molar-refractivity contribution in [2.75, 3.05) is 38.9 Å². The fourth-order valence-electron chi connectivity index (χ4n) is 1.88. The van der Waals surface area contributed by atoms with Crippen molar-refractivity contribution in [3.8, 4) is 11.5 Å². The van der Waals surface area contributed by atoms with Crippen LogP contribution in [0.1, 0.15) is 0 Å². The van der Waals surface area contributed by atoms with E-state index < -0.39 is 0 Å². The molecule has 0 fully saturated rings. The number of amides is 3. The minimum absolute atomic E-state index is 0.127. The molecule has 0 bridgehead atoms. The van der Waals surface area contributed by atoms with Crippen LogP contribution in [-0.2, 0) is 11.3 Å². The van der Waals surface area contributed by atoms with E-state index in [9.17, 15) is 9.59 Å². The quantitative estimate of drug-likeness (QED) is 0.807. The molecule has 0 aliphatic rings. The number of rotatable bonds is 6. The van der Waals surface area contributed by atoms with Gasteiger partial charge in [0.15, 0.2) is 5.82 Å². The van der Waals surface area contributed by atoms with Crippen LogP contribution in [0.25, 0.3) is 0 Å². The lowest BCUT2D eigenvalue weighted by molar-refractivity contribution is -0.117. The SMILES string of the molecule is COc1ccc(OC)c(NC(=O)Cn2ncc(NC(=O)N(C)C)n2)c1. The number of methoxy groups -OCH3 is 2. The summed E-state index contributed by atoms with van der Waals surface area (Å²) in [5.74, 6) is 0.988. The maximum Gasteiger partial charge on any atom is 0.322 e. The Morgan fingerprint density at radius 1 is 1.20 bits per heavy atom. The number of hydrogen-bond acceptors (Lipinski definition) is 6. The lowest BCUT2D eigenvalue weighted by atomic mass is 10.2. The summed E-state index contributed by atoms with van der Waals surface area (Å²) in [6.07, 6.45) is 1.36. The summed E-state index contributed by atoms with van der Waals surface area (Å²) in [7, 11) is 6.25.